The number of rotatable bonds is 9. The Labute approximate surface area is 132 Å². The second kappa shape index (κ2) is 8.73. The van der Waals surface area contributed by atoms with Crippen LogP contribution >= 0.6 is 0 Å². The molecular weight excluding hydrogens is 302 g/mol. The van der Waals surface area contributed by atoms with E-state index >= 15 is 0 Å². The molecule has 0 unspecified atom stereocenters. The molecule has 1 N–H and O–H groups in total. The first-order valence-electron chi connectivity index (χ1n) is 7.18. The van der Waals surface area contributed by atoms with Gasteiger partial charge in [0.25, 0.3) is 10.2 Å². The lowest BCUT2D eigenvalue weighted by Gasteiger charge is -2.17. The minimum Gasteiger partial charge on any atom is -0.492 e. The Hall–Kier alpha value is -1.62. The SMILES string of the molecule is CC(C)c1ccccc1OCCNS(=O)(=O)N(C)CCC#N. The third-order valence-electron chi connectivity index (χ3n) is 3.13. The third-order valence-corrected chi connectivity index (χ3v) is 4.71. The number of nitrogens with one attached hydrogen (secondary N) is 1. The van der Waals surface area contributed by atoms with E-state index in [1.54, 1.807) is 0 Å². The molecule has 0 heterocycles. The lowest BCUT2D eigenvalue weighted by Crippen LogP contribution is -2.40. The van der Waals surface area contributed by atoms with Gasteiger partial charge in [-0.1, -0.05) is 32.0 Å². The first kappa shape index (κ1) is 18.4. The van der Waals surface area contributed by atoms with Crippen molar-refractivity contribution in [1.82, 2.24) is 9.03 Å². The summed E-state index contributed by atoms with van der Waals surface area (Å²) in [6.07, 6.45) is 0.162. The van der Waals surface area contributed by atoms with E-state index in [-0.39, 0.29) is 26.1 Å². The standard InChI is InChI=1S/C15H23N3O3S/c1-13(2)14-7-4-5-8-15(14)21-12-10-17-22(19,20)18(3)11-6-9-16/h4-5,7-8,13,17H,6,10-12H2,1-3H3. The zero-order valence-electron chi connectivity index (χ0n) is 13.2. The van der Waals surface area contributed by atoms with Crippen molar-refractivity contribution in [2.45, 2.75) is 26.2 Å². The molecule has 0 radical (unpaired) electrons. The quantitative estimate of drug-likeness (QED) is 0.703. The van der Waals surface area contributed by atoms with Crippen molar-refractivity contribution >= 4 is 10.2 Å². The molecule has 0 aliphatic rings. The summed E-state index contributed by atoms with van der Waals surface area (Å²) in [6, 6.07) is 9.64. The van der Waals surface area contributed by atoms with Gasteiger partial charge >= 0.3 is 0 Å². The molecule has 0 saturated heterocycles. The summed E-state index contributed by atoms with van der Waals surface area (Å²) >= 11 is 0. The molecule has 6 nitrogen and oxygen atoms in total. The van der Waals surface area contributed by atoms with Crippen molar-refractivity contribution in [3.63, 3.8) is 0 Å². The Kier molecular flexibility index (Phi) is 7.32. The molecule has 1 aromatic rings. The highest BCUT2D eigenvalue weighted by Crippen LogP contribution is 2.25. The van der Waals surface area contributed by atoms with E-state index < -0.39 is 10.2 Å². The Morgan fingerprint density at radius 2 is 2.05 bits per heavy atom. The monoisotopic (exact) mass is 325 g/mol. The van der Waals surface area contributed by atoms with Crippen LogP contribution in [0.4, 0.5) is 0 Å². The fourth-order valence-corrected chi connectivity index (χ4v) is 2.75. The first-order valence-corrected chi connectivity index (χ1v) is 8.62. The van der Waals surface area contributed by atoms with Crippen molar-refractivity contribution in [1.29, 1.82) is 5.26 Å². The normalized spacial score (nSPS) is 11.6. The van der Waals surface area contributed by atoms with E-state index in [0.717, 1.165) is 15.6 Å². The van der Waals surface area contributed by atoms with Gasteiger partial charge in [0.2, 0.25) is 0 Å². The molecule has 0 aliphatic carbocycles. The molecule has 1 aromatic carbocycles. The summed E-state index contributed by atoms with van der Waals surface area (Å²) in [5.74, 6) is 1.11. The van der Waals surface area contributed by atoms with E-state index in [1.807, 2.05) is 30.3 Å². The second-order valence-corrected chi connectivity index (χ2v) is 7.03. The average Bonchev–Trinajstić information content (AvgIpc) is 2.49. The van der Waals surface area contributed by atoms with Gasteiger partial charge in [-0.2, -0.15) is 22.7 Å². The fourth-order valence-electron chi connectivity index (χ4n) is 1.86. The molecular formula is C15H23N3O3S. The molecule has 1 rings (SSSR count). The highest BCUT2D eigenvalue weighted by Gasteiger charge is 2.16. The number of ether oxygens (including phenoxy) is 1. The molecule has 0 fully saturated rings. The van der Waals surface area contributed by atoms with Crippen LogP contribution in [-0.4, -0.2) is 39.5 Å². The Balaban J connectivity index is 2.47. The maximum Gasteiger partial charge on any atom is 0.279 e. The van der Waals surface area contributed by atoms with E-state index in [0.29, 0.717) is 5.92 Å². The van der Waals surface area contributed by atoms with Crippen LogP contribution in [-0.2, 0) is 10.2 Å². The largest absolute Gasteiger partial charge is 0.492 e. The Morgan fingerprint density at radius 1 is 1.36 bits per heavy atom. The maximum absolute atomic E-state index is 11.9. The van der Waals surface area contributed by atoms with Gasteiger partial charge in [0, 0.05) is 26.6 Å². The molecule has 0 atom stereocenters. The van der Waals surface area contributed by atoms with Gasteiger partial charge < -0.3 is 4.74 Å². The average molecular weight is 325 g/mol. The summed E-state index contributed by atoms with van der Waals surface area (Å²) in [4.78, 5) is 0. The highest BCUT2D eigenvalue weighted by atomic mass is 32.2. The Morgan fingerprint density at radius 3 is 2.68 bits per heavy atom. The molecule has 0 aliphatic heterocycles. The fraction of sp³-hybridized carbons (Fsp3) is 0.533. The number of benzene rings is 1. The van der Waals surface area contributed by atoms with Gasteiger partial charge in [-0.25, -0.2) is 0 Å². The number of nitriles is 1. The van der Waals surface area contributed by atoms with E-state index in [2.05, 4.69) is 18.6 Å². The molecule has 122 valence electrons. The summed E-state index contributed by atoms with van der Waals surface area (Å²) < 4.78 is 33.0. The zero-order valence-corrected chi connectivity index (χ0v) is 14.1. The van der Waals surface area contributed by atoms with Crippen molar-refractivity contribution in [2.24, 2.45) is 0 Å². The predicted octanol–water partition coefficient (Wildman–Crippen LogP) is 1.87. The molecule has 0 aromatic heterocycles. The van der Waals surface area contributed by atoms with Crippen molar-refractivity contribution < 1.29 is 13.2 Å². The van der Waals surface area contributed by atoms with Crippen LogP contribution in [0.1, 0.15) is 31.7 Å². The van der Waals surface area contributed by atoms with Crippen LogP contribution in [0.2, 0.25) is 0 Å². The van der Waals surface area contributed by atoms with E-state index in [9.17, 15) is 8.42 Å². The van der Waals surface area contributed by atoms with Gasteiger partial charge in [0.15, 0.2) is 0 Å². The van der Waals surface area contributed by atoms with Crippen molar-refractivity contribution in [3.8, 4) is 11.8 Å². The molecule has 7 heteroatoms. The number of para-hydroxylation sites is 1. The summed E-state index contributed by atoms with van der Waals surface area (Å²) in [7, 11) is -2.12. The smallest absolute Gasteiger partial charge is 0.279 e. The van der Waals surface area contributed by atoms with Gasteiger partial charge in [0.1, 0.15) is 12.4 Å². The minimum atomic E-state index is -3.56. The van der Waals surface area contributed by atoms with Crippen LogP contribution < -0.4 is 9.46 Å². The Bertz CT molecular complexity index is 609. The molecule has 0 spiro atoms. The topological polar surface area (TPSA) is 82.4 Å². The second-order valence-electron chi connectivity index (χ2n) is 5.17. The lowest BCUT2D eigenvalue weighted by molar-refractivity contribution is 0.316. The van der Waals surface area contributed by atoms with Crippen LogP contribution in [0, 0.1) is 11.3 Å². The van der Waals surface area contributed by atoms with Crippen LogP contribution in [0.15, 0.2) is 24.3 Å². The van der Waals surface area contributed by atoms with E-state index in [1.165, 1.54) is 7.05 Å². The predicted molar refractivity (Wildman–Crippen MR) is 85.8 cm³/mol. The minimum absolute atomic E-state index is 0.162. The van der Waals surface area contributed by atoms with Crippen molar-refractivity contribution in [3.05, 3.63) is 29.8 Å². The molecule has 0 bridgehead atoms. The zero-order chi connectivity index (χ0) is 16.6. The molecule has 0 saturated carbocycles. The first-order chi connectivity index (χ1) is 10.4. The molecule has 22 heavy (non-hydrogen) atoms. The van der Waals surface area contributed by atoms with Crippen LogP contribution in [0.5, 0.6) is 5.75 Å². The van der Waals surface area contributed by atoms with Crippen LogP contribution in [0.3, 0.4) is 0 Å². The highest BCUT2D eigenvalue weighted by molar-refractivity contribution is 7.87. The number of hydrogen-bond acceptors (Lipinski definition) is 4. The number of hydrogen-bond donors (Lipinski definition) is 1. The lowest BCUT2D eigenvalue weighted by atomic mass is 10.0. The van der Waals surface area contributed by atoms with Gasteiger partial charge in [0.05, 0.1) is 6.07 Å². The summed E-state index contributed by atoms with van der Waals surface area (Å²) in [6.45, 7) is 4.74. The number of nitrogens with zero attached hydrogens (tertiary/aromatic N) is 2. The maximum atomic E-state index is 11.9. The van der Waals surface area contributed by atoms with Gasteiger partial charge in [-0.3, -0.25) is 0 Å². The van der Waals surface area contributed by atoms with Gasteiger partial charge in [-0.15, -0.1) is 0 Å². The molecule has 0 amide bonds. The van der Waals surface area contributed by atoms with E-state index in [4.69, 9.17) is 10.00 Å². The summed E-state index contributed by atoms with van der Waals surface area (Å²) in [5, 5.41) is 8.48. The van der Waals surface area contributed by atoms with Crippen molar-refractivity contribution in [2.75, 3.05) is 26.7 Å². The summed E-state index contributed by atoms with van der Waals surface area (Å²) in [5.41, 5.74) is 1.09. The van der Waals surface area contributed by atoms with Crippen LogP contribution in [0.25, 0.3) is 0 Å². The van der Waals surface area contributed by atoms with Gasteiger partial charge in [-0.05, 0) is 17.5 Å². The third kappa shape index (κ3) is 5.64.